The Hall–Kier alpha value is -1.36. The van der Waals surface area contributed by atoms with Crippen molar-refractivity contribution >= 4 is 5.91 Å². The van der Waals surface area contributed by atoms with Gasteiger partial charge in [-0.05, 0) is 59.0 Å². The molecule has 0 radical (unpaired) electrons. The maximum atomic E-state index is 12.6. The van der Waals surface area contributed by atoms with E-state index in [1.54, 1.807) is 0 Å². The van der Waals surface area contributed by atoms with Crippen molar-refractivity contribution < 1.29 is 9.32 Å². The van der Waals surface area contributed by atoms with E-state index < -0.39 is 0 Å². The molecule has 0 N–H and O–H groups in total. The molecular weight excluding hydrogens is 302 g/mol. The van der Waals surface area contributed by atoms with Crippen LogP contribution < -0.4 is 0 Å². The zero-order chi connectivity index (χ0) is 17.2. The molecule has 1 amide bonds. The average Bonchev–Trinajstić information content (AvgIpc) is 2.95. The van der Waals surface area contributed by atoms with Crippen LogP contribution in [0.5, 0.6) is 0 Å². The molecule has 2 fully saturated rings. The highest BCUT2D eigenvalue weighted by molar-refractivity contribution is 5.79. The van der Waals surface area contributed by atoms with Crippen LogP contribution in [0.25, 0.3) is 0 Å². The summed E-state index contributed by atoms with van der Waals surface area (Å²) in [6.07, 6.45) is 7.65. The number of unbranched alkanes of at least 4 members (excludes halogenated alkanes) is 1. The lowest BCUT2D eigenvalue weighted by atomic mass is 9.87. The van der Waals surface area contributed by atoms with Gasteiger partial charge in [0.2, 0.25) is 5.91 Å². The summed E-state index contributed by atoms with van der Waals surface area (Å²) < 4.78 is 5.31. The third kappa shape index (κ3) is 3.37. The van der Waals surface area contributed by atoms with Gasteiger partial charge < -0.3 is 14.3 Å². The fourth-order valence-corrected chi connectivity index (χ4v) is 4.38. The summed E-state index contributed by atoms with van der Waals surface area (Å²) in [5.74, 6) is 1.15. The molecule has 5 nitrogen and oxygen atoms in total. The quantitative estimate of drug-likeness (QED) is 0.828. The Kier molecular flexibility index (Phi) is 5.28. The van der Waals surface area contributed by atoms with Crippen LogP contribution in [0.2, 0.25) is 0 Å². The van der Waals surface area contributed by atoms with E-state index in [9.17, 15) is 4.79 Å². The smallest absolute Gasteiger partial charge is 0.223 e. The Morgan fingerprint density at radius 1 is 1.21 bits per heavy atom. The SMILES string of the molecule is CCCCN1CCCC2(CCC(=O)N2Cc2c(C)noc2C)CC1. The third-order valence-corrected chi connectivity index (χ3v) is 6.01. The van der Waals surface area contributed by atoms with E-state index in [-0.39, 0.29) is 5.54 Å². The summed E-state index contributed by atoms with van der Waals surface area (Å²) in [5.41, 5.74) is 2.06. The topological polar surface area (TPSA) is 49.6 Å². The number of hydrogen-bond donors (Lipinski definition) is 0. The second-order valence-corrected chi connectivity index (χ2v) is 7.56. The van der Waals surface area contributed by atoms with Crippen molar-refractivity contribution in [1.29, 1.82) is 0 Å². The lowest BCUT2D eigenvalue weighted by Gasteiger charge is -2.38. The van der Waals surface area contributed by atoms with Gasteiger partial charge in [-0.25, -0.2) is 0 Å². The van der Waals surface area contributed by atoms with Gasteiger partial charge in [0.15, 0.2) is 0 Å². The van der Waals surface area contributed by atoms with Crippen LogP contribution >= 0.6 is 0 Å². The third-order valence-electron chi connectivity index (χ3n) is 6.01. The second kappa shape index (κ2) is 7.26. The lowest BCUT2D eigenvalue weighted by Crippen LogP contribution is -2.46. The summed E-state index contributed by atoms with van der Waals surface area (Å²) >= 11 is 0. The zero-order valence-corrected chi connectivity index (χ0v) is 15.4. The van der Waals surface area contributed by atoms with Crippen molar-refractivity contribution in [3.63, 3.8) is 0 Å². The predicted octanol–water partition coefficient (Wildman–Crippen LogP) is 3.44. The number of hydrogen-bond acceptors (Lipinski definition) is 4. The van der Waals surface area contributed by atoms with Crippen LogP contribution in [-0.4, -0.2) is 46.0 Å². The van der Waals surface area contributed by atoms with Crippen LogP contribution in [0.1, 0.15) is 68.9 Å². The van der Waals surface area contributed by atoms with Gasteiger partial charge >= 0.3 is 0 Å². The van der Waals surface area contributed by atoms with Crippen molar-refractivity contribution in [3.8, 4) is 0 Å². The Morgan fingerprint density at radius 3 is 2.75 bits per heavy atom. The average molecular weight is 333 g/mol. The van der Waals surface area contributed by atoms with E-state index in [1.165, 1.54) is 32.4 Å². The molecule has 0 aliphatic carbocycles. The molecule has 1 spiro atoms. The molecule has 1 aromatic rings. The van der Waals surface area contributed by atoms with E-state index in [0.29, 0.717) is 18.9 Å². The normalized spacial score (nSPS) is 25.6. The monoisotopic (exact) mass is 333 g/mol. The maximum absolute atomic E-state index is 12.6. The molecule has 0 aromatic carbocycles. The van der Waals surface area contributed by atoms with E-state index in [0.717, 1.165) is 42.8 Å². The maximum Gasteiger partial charge on any atom is 0.223 e. The van der Waals surface area contributed by atoms with Crippen LogP contribution in [0.15, 0.2) is 4.52 Å². The van der Waals surface area contributed by atoms with Crippen molar-refractivity contribution in [2.24, 2.45) is 0 Å². The largest absolute Gasteiger partial charge is 0.361 e. The lowest BCUT2D eigenvalue weighted by molar-refractivity contribution is -0.132. The first-order valence-corrected chi connectivity index (χ1v) is 9.50. The molecule has 0 bridgehead atoms. The Morgan fingerprint density at radius 2 is 2.04 bits per heavy atom. The molecule has 134 valence electrons. The summed E-state index contributed by atoms with van der Waals surface area (Å²) in [4.78, 5) is 17.4. The summed E-state index contributed by atoms with van der Waals surface area (Å²) in [5, 5.41) is 4.06. The standard InChI is InChI=1S/C19H31N3O2/c1-4-5-11-21-12-6-8-19(10-13-21)9-7-18(23)22(19)14-17-15(2)20-24-16(17)3/h4-14H2,1-3H3. The number of rotatable bonds is 5. The first kappa shape index (κ1) is 17.5. The molecule has 2 saturated heterocycles. The van der Waals surface area contributed by atoms with E-state index in [1.807, 2.05) is 13.8 Å². The first-order chi connectivity index (χ1) is 11.6. The number of nitrogens with zero attached hydrogens (tertiary/aromatic N) is 3. The van der Waals surface area contributed by atoms with Gasteiger partial charge in [0.1, 0.15) is 5.76 Å². The second-order valence-electron chi connectivity index (χ2n) is 7.56. The number of likely N-dealkylation sites (tertiary alicyclic amines) is 2. The summed E-state index contributed by atoms with van der Waals surface area (Å²) in [6.45, 7) is 10.3. The first-order valence-electron chi connectivity index (χ1n) is 9.50. The summed E-state index contributed by atoms with van der Waals surface area (Å²) in [7, 11) is 0. The molecule has 1 unspecified atom stereocenters. The van der Waals surface area contributed by atoms with Crippen molar-refractivity contribution in [3.05, 3.63) is 17.0 Å². The minimum atomic E-state index is 0.0498. The van der Waals surface area contributed by atoms with Gasteiger partial charge in [0.05, 0.1) is 12.2 Å². The highest BCUT2D eigenvalue weighted by Gasteiger charge is 2.45. The molecule has 2 aliphatic rings. The molecule has 1 aromatic heterocycles. The van der Waals surface area contributed by atoms with E-state index in [2.05, 4.69) is 21.9 Å². The predicted molar refractivity (Wildman–Crippen MR) is 93.7 cm³/mol. The van der Waals surface area contributed by atoms with E-state index in [4.69, 9.17) is 4.52 Å². The number of carbonyl (C=O) groups is 1. The number of carbonyl (C=O) groups excluding carboxylic acids is 1. The molecule has 3 heterocycles. The Labute approximate surface area is 145 Å². The molecule has 2 aliphatic heterocycles. The Balaban J connectivity index is 1.74. The Bertz CT molecular complexity index is 564. The minimum absolute atomic E-state index is 0.0498. The van der Waals surface area contributed by atoms with Gasteiger partial charge in [-0.3, -0.25) is 4.79 Å². The molecule has 24 heavy (non-hydrogen) atoms. The van der Waals surface area contributed by atoms with Gasteiger partial charge in [0, 0.05) is 24.1 Å². The van der Waals surface area contributed by atoms with Crippen molar-refractivity contribution in [1.82, 2.24) is 15.0 Å². The van der Waals surface area contributed by atoms with Crippen LogP contribution in [0, 0.1) is 13.8 Å². The van der Waals surface area contributed by atoms with Crippen LogP contribution in [-0.2, 0) is 11.3 Å². The van der Waals surface area contributed by atoms with Crippen molar-refractivity contribution in [2.45, 2.75) is 77.8 Å². The van der Waals surface area contributed by atoms with Crippen LogP contribution in [0.4, 0.5) is 0 Å². The number of amides is 1. The highest BCUT2D eigenvalue weighted by atomic mass is 16.5. The summed E-state index contributed by atoms with van der Waals surface area (Å²) in [6, 6.07) is 0. The van der Waals surface area contributed by atoms with Gasteiger partial charge in [-0.1, -0.05) is 18.5 Å². The number of aromatic nitrogens is 1. The molecule has 5 heteroatoms. The van der Waals surface area contributed by atoms with Crippen LogP contribution in [0.3, 0.4) is 0 Å². The number of aryl methyl sites for hydroxylation is 2. The minimum Gasteiger partial charge on any atom is -0.361 e. The van der Waals surface area contributed by atoms with Gasteiger partial charge in [-0.15, -0.1) is 0 Å². The van der Waals surface area contributed by atoms with Gasteiger partial charge in [-0.2, -0.15) is 0 Å². The molecule has 0 saturated carbocycles. The molecule has 3 rings (SSSR count). The van der Waals surface area contributed by atoms with Crippen molar-refractivity contribution in [2.75, 3.05) is 19.6 Å². The van der Waals surface area contributed by atoms with Gasteiger partial charge in [0.25, 0.3) is 0 Å². The highest BCUT2D eigenvalue weighted by Crippen LogP contribution is 2.40. The molecule has 1 atom stereocenters. The molecular formula is C19H31N3O2. The van der Waals surface area contributed by atoms with E-state index >= 15 is 0 Å². The fraction of sp³-hybridized carbons (Fsp3) is 0.789. The fourth-order valence-electron chi connectivity index (χ4n) is 4.38. The zero-order valence-electron chi connectivity index (χ0n) is 15.4.